The molecule has 0 radical (unpaired) electrons. The SMILES string of the molecule is COc1ccc(CCNC(=O)[C@@H](C)OC(=O)/C=C/c2nc3ccccc3o2)cc1. The van der Waals surface area contributed by atoms with Gasteiger partial charge >= 0.3 is 5.97 Å². The Hall–Kier alpha value is -3.61. The lowest BCUT2D eigenvalue weighted by Crippen LogP contribution is -2.36. The summed E-state index contributed by atoms with van der Waals surface area (Å²) < 4.78 is 15.7. The molecule has 0 fully saturated rings. The van der Waals surface area contributed by atoms with Crippen LogP contribution in [0.25, 0.3) is 17.2 Å². The third-order valence-corrected chi connectivity index (χ3v) is 4.21. The number of hydrogen-bond donors (Lipinski definition) is 1. The number of nitrogens with zero attached hydrogens (tertiary/aromatic N) is 1. The van der Waals surface area contributed by atoms with Crippen molar-refractivity contribution in [2.75, 3.05) is 13.7 Å². The summed E-state index contributed by atoms with van der Waals surface area (Å²) in [6.07, 6.45) is 2.35. The van der Waals surface area contributed by atoms with Crippen LogP contribution in [0.3, 0.4) is 0 Å². The van der Waals surface area contributed by atoms with Crippen molar-refractivity contribution >= 4 is 29.1 Å². The molecule has 0 saturated heterocycles. The molecule has 1 N–H and O–H groups in total. The molecule has 2 aromatic carbocycles. The number of hydrogen-bond acceptors (Lipinski definition) is 6. The number of para-hydroxylation sites is 2. The molecule has 29 heavy (non-hydrogen) atoms. The van der Waals surface area contributed by atoms with E-state index in [0.717, 1.165) is 11.3 Å². The Labute approximate surface area is 168 Å². The number of methoxy groups -OCH3 is 1. The molecule has 0 aliphatic rings. The van der Waals surface area contributed by atoms with E-state index in [1.807, 2.05) is 42.5 Å². The number of oxazole rings is 1. The monoisotopic (exact) mass is 394 g/mol. The molecule has 7 nitrogen and oxygen atoms in total. The van der Waals surface area contributed by atoms with Gasteiger partial charge in [0, 0.05) is 18.7 Å². The molecule has 1 amide bonds. The van der Waals surface area contributed by atoms with Gasteiger partial charge in [0.2, 0.25) is 5.89 Å². The highest BCUT2D eigenvalue weighted by Crippen LogP contribution is 2.15. The first-order valence-electron chi connectivity index (χ1n) is 9.20. The van der Waals surface area contributed by atoms with Crippen molar-refractivity contribution < 1.29 is 23.5 Å². The largest absolute Gasteiger partial charge is 0.497 e. The summed E-state index contributed by atoms with van der Waals surface area (Å²) in [4.78, 5) is 28.3. The highest BCUT2D eigenvalue weighted by Gasteiger charge is 2.16. The van der Waals surface area contributed by atoms with E-state index in [2.05, 4.69) is 10.3 Å². The van der Waals surface area contributed by atoms with Gasteiger partial charge in [-0.05, 0) is 43.2 Å². The van der Waals surface area contributed by atoms with Gasteiger partial charge in [0.15, 0.2) is 11.7 Å². The number of esters is 1. The summed E-state index contributed by atoms with van der Waals surface area (Å²) in [5, 5.41) is 2.75. The van der Waals surface area contributed by atoms with Crippen molar-refractivity contribution in [3.8, 4) is 5.75 Å². The molecule has 0 unspecified atom stereocenters. The molecule has 1 aromatic heterocycles. The van der Waals surface area contributed by atoms with E-state index in [1.54, 1.807) is 13.2 Å². The molecule has 0 aliphatic carbocycles. The topological polar surface area (TPSA) is 90.7 Å². The van der Waals surface area contributed by atoms with E-state index in [0.29, 0.717) is 30.0 Å². The van der Waals surface area contributed by atoms with Gasteiger partial charge in [0.25, 0.3) is 5.91 Å². The Morgan fingerprint density at radius 1 is 1.17 bits per heavy atom. The third kappa shape index (κ3) is 5.68. The van der Waals surface area contributed by atoms with Crippen LogP contribution in [0.1, 0.15) is 18.4 Å². The summed E-state index contributed by atoms with van der Waals surface area (Å²) >= 11 is 0. The Kier molecular flexibility index (Phi) is 6.63. The van der Waals surface area contributed by atoms with Crippen molar-refractivity contribution in [1.29, 1.82) is 0 Å². The van der Waals surface area contributed by atoms with Crippen molar-refractivity contribution in [3.05, 3.63) is 66.1 Å². The minimum atomic E-state index is -0.911. The number of carbonyl (C=O) groups excluding carboxylic acids is 2. The number of ether oxygens (including phenoxy) is 2. The summed E-state index contributed by atoms with van der Waals surface area (Å²) in [7, 11) is 1.61. The number of rotatable bonds is 8. The Morgan fingerprint density at radius 3 is 2.66 bits per heavy atom. The average molecular weight is 394 g/mol. The molecule has 150 valence electrons. The lowest BCUT2D eigenvalue weighted by atomic mass is 10.1. The maximum absolute atomic E-state index is 12.1. The predicted molar refractivity (Wildman–Crippen MR) is 108 cm³/mol. The smallest absolute Gasteiger partial charge is 0.331 e. The van der Waals surface area contributed by atoms with E-state index in [9.17, 15) is 9.59 Å². The first-order valence-corrected chi connectivity index (χ1v) is 9.20. The summed E-state index contributed by atoms with van der Waals surface area (Å²) in [6, 6.07) is 14.9. The van der Waals surface area contributed by atoms with Crippen LogP contribution in [0.15, 0.2) is 59.0 Å². The van der Waals surface area contributed by atoms with E-state index >= 15 is 0 Å². The quantitative estimate of drug-likeness (QED) is 0.466. The van der Waals surface area contributed by atoms with E-state index in [-0.39, 0.29) is 5.91 Å². The normalized spacial score (nSPS) is 12.1. The molecular formula is C22H22N2O5. The molecule has 1 heterocycles. The van der Waals surface area contributed by atoms with E-state index in [4.69, 9.17) is 13.9 Å². The van der Waals surface area contributed by atoms with Crippen LogP contribution in [0.5, 0.6) is 5.75 Å². The van der Waals surface area contributed by atoms with Crippen LogP contribution in [0, 0.1) is 0 Å². The summed E-state index contributed by atoms with van der Waals surface area (Å²) in [5.74, 6) is 0.0659. The Morgan fingerprint density at radius 2 is 1.93 bits per heavy atom. The number of nitrogens with one attached hydrogen (secondary N) is 1. The van der Waals surface area contributed by atoms with Crippen molar-refractivity contribution in [1.82, 2.24) is 10.3 Å². The highest BCUT2D eigenvalue weighted by atomic mass is 16.5. The van der Waals surface area contributed by atoms with Crippen LogP contribution in [-0.2, 0) is 20.7 Å². The fourth-order valence-electron chi connectivity index (χ4n) is 2.63. The van der Waals surface area contributed by atoms with Crippen LogP contribution >= 0.6 is 0 Å². The Bertz CT molecular complexity index is 974. The molecule has 1 atom stereocenters. The summed E-state index contributed by atoms with van der Waals surface area (Å²) in [5.41, 5.74) is 2.40. The zero-order chi connectivity index (χ0) is 20.6. The average Bonchev–Trinajstić information content (AvgIpc) is 3.15. The maximum Gasteiger partial charge on any atom is 0.331 e. The predicted octanol–water partition coefficient (Wildman–Crippen LogP) is 3.14. The van der Waals surface area contributed by atoms with Crippen LogP contribution in [0.4, 0.5) is 0 Å². The molecule has 3 aromatic rings. The van der Waals surface area contributed by atoms with Gasteiger partial charge in [-0.1, -0.05) is 24.3 Å². The lowest BCUT2D eigenvalue weighted by Gasteiger charge is -2.12. The number of carbonyl (C=O) groups is 2. The number of fused-ring (bicyclic) bond motifs is 1. The van der Waals surface area contributed by atoms with Crippen LogP contribution in [-0.4, -0.2) is 36.6 Å². The summed E-state index contributed by atoms with van der Waals surface area (Å²) in [6.45, 7) is 1.96. The second kappa shape index (κ2) is 9.54. The highest BCUT2D eigenvalue weighted by molar-refractivity contribution is 5.90. The van der Waals surface area contributed by atoms with Gasteiger partial charge in [-0.25, -0.2) is 9.78 Å². The van der Waals surface area contributed by atoms with Crippen LogP contribution < -0.4 is 10.1 Å². The molecule has 7 heteroatoms. The zero-order valence-electron chi connectivity index (χ0n) is 16.3. The zero-order valence-corrected chi connectivity index (χ0v) is 16.3. The van der Waals surface area contributed by atoms with Crippen LogP contribution in [0.2, 0.25) is 0 Å². The number of aromatic nitrogens is 1. The maximum atomic E-state index is 12.1. The van der Waals surface area contributed by atoms with Gasteiger partial charge in [-0.15, -0.1) is 0 Å². The number of benzene rings is 2. The van der Waals surface area contributed by atoms with Gasteiger partial charge < -0.3 is 19.2 Å². The van der Waals surface area contributed by atoms with Crippen molar-refractivity contribution in [3.63, 3.8) is 0 Å². The van der Waals surface area contributed by atoms with Gasteiger partial charge in [-0.2, -0.15) is 0 Å². The molecular weight excluding hydrogens is 372 g/mol. The van der Waals surface area contributed by atoms with E-state index in [1.165, 1.54) is 19.1 Å². The molecule has 0 spiro atoms. The fraction of sp³-hybridized carbons (Fsp3) is 0.227. The van der Waals surface area contributed by atoms with Gasteiger partial charge in [-0.3, -0.25) is 4.79 Å². The second-order valence-corrected chi connectivity index (χ2v) is 6.32. The second-order valence-electron chi connectivity index (χ2n) is 6.32. The van der Waals surface area contributed by atoms with Crippen molar-refractivity contribution in [2.24, 2.45) is 0 Å². The standard InChI is InChI=1S/C22H22N2O5/c1-15(22(26)23-14-13-16-7-9-17(27-2)10-8-16)28-21(25)12-11-20-24-18-5-3-4-6-19(18)29-20/h3-12,15H,13-14H2,1-2H3,(H,23,26)/b12-11+/t15-/m1/s1. The molecule has 0 aliphatic heterocycles. The fourth-order valence-corrected chi connectivity index (χ4v) is 2.63. The molecule has 0 bridgehead atoms. The van der Waals surface area contributed by atoms with E-state index < -0.39 is 12.1 Å². The van der Waals surface area contributed by atoms with Crippen molar-refractivity contribution in [2.45, 2.75) is 19.4 Å². The Balaban J connectivity index is 1.43. The van der Waals surface area contributed by atoms with Gasteiger partial charge in [0.1, 0.15) is 11.3 Å². The molecule has 3 rings (SSSR count). The first-order chi connectivity index (χ1) is 14.0. The first kappa shape index (κ1) is 20.1. The molecule has 0 saturated carbocycles. The number of amides is 1. The van der Waals surface area contributed by atoms with Gasteiger partial charge in [0.05, 0.1) is 7.11 Å². The minimum Gasteiger partial charge on any atom is -0.497 e. The lowest BCUT2D eigenvalue weighted by molar-refractivity contribution is -0.150. The minimum absolute atomic E-state index is 0.291. The third-order valence-electron chi connectivity index (χ3n) is 4.21.